The van der Waals surface area contributed by atoms with Gasteiger partial charge in [-0.15, -0.1) is 0 Å². The number of phenolic OH excluding ortho intramolecular Hbond substituents is 1. The lowest BCUT2D eigenvalue weighted by Crippen LogP contribution is -2.10. The minimum Gasteiger partial charge on any atom is -0.508 e. The second-order valence-electron chi connectivity index (χ2n) is 5.42. The van der Waals surface area contributed by atoms with Gasteiger partial charge >= 0.3 is 0 Å². The zero-order valence-corrected chi connectivity index (χ0v) is 11.4. The average Bonchev–Trinajstić information content (AvgIpc) is 3.18. The summed E-state index contributed by atoms with van der Waals surface area (Å²) in [6.07, 6.45) is 2.08. The van der Waals surface area contributed by atoms with Gasteiger partial charge in [-0.3, -0.25) is 0 Å². The molecule has 104 valence electrons. The third-order valence-corrected chi connectivity index (χ3v) is 4.02. The number of nitrogens with zero attached hydrogens (tertiary/aromatic N) is 2. The standard InChI is InChI=1S/C17H14N2O2/c20-14-8-4-5-12(11-14)15-18-16(19-21-15)17(9-10-17)13-6-2-1-3-7-13/h1-8,11,20H,9-10H2. The molecule has 0 bridgehead atoms. The predicted octanol–water partition coefficient (Wildman–Crippen LogP) is 3.52. The first-order valence-corrected chi connectivity index (χ1v) is 6.97. The van der Waals surface area contributed by atoms with Crippen LogP contribution in [0.2, 0.25) is 0 Å². The van der Waals surface area contributed by atoms with Gasteiger partial charge in [-0.1, -0.05) is 41.6 Å². The Hall–Kier alpha value is -2.62. The number of rotatable bonds is 3. The molecule has 0 spiro atoms. The summed E-state index contributed by atoms with van der Waals surface area (Å²) < 4.78 is 5.38. The van der Waals surface area contributed by atoms with Crippen LogP contribution in [0.5, 0.6) is 5.75 Å². The van der Waals surface area contributed by atoms with Crippen molar-refractivity contribution in [3.63, 3.8) is 0 Å². The van der Waals surface area contributed by atoms with Gasteiger partial charge in [-0.25, -0.2) is 0 Å². The average molecular weight is 278 g/mol. The number of hydrogen-bond donors (Lipinski definition) is 1. The molecule has 4 nitrogen and oxygen atoms in total. The maximum absolute atomic E-state index is 9.54. The summed E-state index contributed by atoms with van der Waals surface area (Å²) in [4.78, 5) is 4.54. The molecule has 1 aliphatic carbocycles. The van der Waals surface area contributed by atoms with Crippen LogP contribution in [0.15, 0.2) is 59.1 Å². The highest BCUT2D eigenvalue weighted by atomic mass is 16.5. The Labute approximate surface area is 122 Å². The highest BCUT2D eigenvalue weighted by Gasteiger charge is 2.49. The minimum absolute atomic E-state index is 0.0974. The fraction of sp³-hybridized carbons (Fsp3) is 0.176. The van der Waals surface area contributed by atoms with Crippen LogP contribution in [0.3, 0.4) is 0 Å². The highest BCUT2D eigenvalue weighted by Crippen LogP contribution is 2.52. The minimum atomic E-state index is -0.0974. The van der Waals surface area contributed by atoms with E-state index in [4.69, 9.17) is 4.52 Å². The molecule has 1 aliphatic rings. The lowest BCUT2D eigenvalue weighted by molar-refractivity contribution is 0.417. The van der Waals surface area contributed by atoms with E-state index >= 15 is 0 Å². The molecular weight excluding hydrogens is 264 g/mol. The molecule has 0 unspecified atom stereocenters. The van der Waals surface area contributed by atoms with Crippen LogP contribution in [-0.4, -0.2) is 15.2 Å². The topological polar surface area (TPSA) is 59.2 Å². The largest absolute Gasteiger partial charge is 0.508 e. The second-order valence-corrected chi connectivity index (χ2v) is 5.42. The van der Waals surface area contributed by atoms with Crippen molar-refractivity contribution >= 4 is 0 Å². The molecule has 0 saturated heterocycles. The van der Waals surface area contributed by atoms with Crippen molar-refractivity contribution in [3.05, 3.63) is 66.0 Å². The lowest BCUT2D eigenvalue weighted by Gasteiger charge is -2.09. The molecule has 3 aromatic rings. The van der Waals surface area contributed by atoms with Gasteiger partial charge in [0.05, 0.1) is 5.41 Å². The molecule has 1 N–H and O–H groups in total. The van der Waals surface area contributed by atoms with Crippen molar-refractivity contribution in [2.24, 2.45) is 0 Å². The van der Waals surface area contributed by atoms with Gasteiger partial charge < -0.3 is 9.63 Å². The maximum Gasteiger partial charge on any atom is 0.258 e. The van der Waals surface area contributed by atoms with Crippen molar-refractivity contribution in [2.45, 2.75) is 18.3 Å². The summed E-state index contributed by atoms with van der Waals surface area (Å²) in [7, 11) is 0. The van der Waals surface area contributed by atoms with E-state index in [1.165, 1.54) is 5.56 Å². The van der Waals surface area contributed by atoms with Crippen LogP contribution >= 0.6 is 0 Å². The fourth-order valence-corrected chi connectivity index (χ4v) is 2.70. The first-order chi connectivity index (χ1) is 10.3. The van der Waals surface area contributed by atoms with Crippen LogP contribution in [0.25, 0.3) is 11.5 Å². The van der Waals surface area contributed by atoms with Gasteiger partial charge in [0, 0.05) is 5.56 Å². The molecular formula is C17H14N2O2. The highest BCUT2D eigenvalue weighted by molar-refractivity contribution is 5.56. The molecule has 1 fully saturated rings. The number of benzene rings is 2. The Morgan fingerprint density at radius 2 is 1.81 bits per heavy atom. The third kappa shape index (κ3) is 2.00. The molecule has 4 rings (SSSR count). The van der Waals surface area contributed by atoms with E-state index in [0.717, 1.165) is 24.2 Å². The number of aromatic hydroxyl groups is 1. The SMILES string of the molecule is Oc1cccc(-c2nc(C3(c4ccccc4)CC3)no2)c1. The van der Waals surface area contributed by atoms with Gasteiger partial charge in [0.25, 0.3) is 5.89 Å². The quantitative estimate of drug-likeness (QED) is 0.796. The first kappa shape index (κ1) is 12.1. The van der Waals surface area contributed by atoms with Gasteiger partial charge in [0.2, 0.25) is 0 Å². The molecule has 0 amide bonds. The smallest absolute Gasteiger partial charge is 0.258 e. The summed E-state index contributed by atoms with van der Waals surface area (Å²) in [5.41, 5.74) is 1.87. The monoisotopic (exact) mass is 278 g/mol. The van der Waals surface area contributed by atoms with Crippen LogP contribution in [0.4, 0.5) is 0 Å². The molecule has 0 radical (unpaired) electrons. The van der Waals surface area contributed by atoms with Crippen LogP contribution < -0.4 is 0 Å². The Bertz CT molecular complexity index is 776. The Balaban J connectivity index is 1.72. The molecule has 0 aliphatic heterocycles. The van der Waals surface area contributed by atoms with E-state index in [1.807, 2.05) is 24.3 Å². The molecule has 21 heavy (non-hydrogen) atoms. The molecule has 1 aromatic heterocycles. The van der Waals surface area contributed by atoms with Crippen LogP contribution in [-0.2, 0) is 5.41 Å². The maximum atomic E-state index is 9.54. The van der Waals surface area contributed by atoms with E-state index in [9.17, 15) is 5.11 Å². The van der Waals surface area contributed by atoms with Crippen molar-refractivity contribution in [1.82, 2.24) is 10.1 Å². The molecule has 1 heterocycles. The van der Waals surface area contributed by atoms with Gasteiger partial charge in [-0.2, -0.15) is 4.98 Å². The van der Waals surface area contributed by atoms with Crippen molar-refractivity contribution in [3.8, 4) is 17.2 Å². The third-order valence-electron chi connectivity index (χ3n) is 4.02. The summed E-state index contributed by atoms with van der Waals surface area (Å²) >= 11 is 0. The molecule has 1 saturated carbocycles. The number of hydrogen-bond acceptors (Lipinski definition) is 4. The van der Waals surface area contributed by atoms with E-state index < -0.39 is 0 Å². The lowest BCUT2D eigenvalue weighted by atomic mass is 9.95. The summed E-state index contributed by atoms with van der Waals surface area (Å²) in [5, 5.41) is 13.7. The number of aromatic nitrogens is 2. The zero-order valence-electron chi connectivity index (χ0n) is 11.4. The first-order valence-electron chi connectivity index (χ1n) is 6.97. The van der Waals surface area contributed by atoms with E-state index in [2.05, 4.69) is 22.3 Å². The normalized spacial score (nSPS) is 15.8. The van der Waals surface area contributed by atoms with Gasteiger partial charge in [-0.05, 0) is 36.6 Å². The summed E-state index contributed by atoms with van der Waals surface area (Å²) in [6.45, 7) is 0. The summed E-state index contributed by atoms with van der Waals surface area (Å²) in [5.74, 6) is 1.37. The van der Waals surface area contributed by atoms with E-state index in [0.29, 0.717) is 5.89 Å². The van der Waals surface area contributed by atoms with Gasteiger partial charge in [0.1, 0.15) is 5.75 Å². The molecule has 4 heteroatoms. The van der Waals surface area contributed by atoms with Crippen LogP contribution in [0.1, 0.15) is 24.2 Å². The van der Waals surface area contributed by atoms with E-state index in [-0.39, 0.29) is 11.2 Å². The zero-order chi connectivity index (χ0) is 14.3. The van der Waals surface area contributed by atoms with Crippen molar-refractivity contribution in [2.75, 3.05) is 0 Å². The Kier molecular flexibility index (Phi) is 2.57. The second kappa shape index (κ2) is 4.45. The van der Waals surface area contributed by atoms with Gasteiger partial charge in [0.15, 0.2) is 5.82 Å². The van der Waals surface area contributed by atoms with Crippen molar-refractivity contribution < 1.29 is 9.63 Å². The van der Waals surface area contributed by atoms with Crippen molar-refractivity contribution in [1.29, 1.82) is 0 Å². The number of phenols is 1. The van der Waals surface area contributed by atoms with Crippen LogP contribution in [0, 0.1) is 0 Å². The summed E-state index contributed by atoms with van der Waals surface area (Å²) in [6, 6.07) is 17.1. The Morgan fingerprint density at radius 1 is 1.00 bits per heavy atom. The predicted molar refractivity (Wildman–Crippen MR) is 77.9 cm³/mol. The molecule has 2 aromatic carbocycles. The fourth-order valence-electron chi connectivity index (χ4n) is 2.70. The molecule has 0 atom stereocenters. The van der Waals surface area contributed by atoms with E-state index in [1.54, 1.807) is 18.2 Å². The Morgan fingerprint density at radius 3 is 2.52 bits per heavy atom.